The number of aromatic nitrogens is 1. The zero-order valence-electron chi connectivity index (χ0n) is 13.7. The molecule has 0 spiro atoms. The summed E-state index contributed by atoms with van der Waals surface area (Å²) in [5, 5.41) is 12.6. The van der Waals surface area contributed by atoms with Crippen LogP contribution in [0.2, 0.25) is 0 Å². The normalized spacial score (nSPS) is 20.7. The Bertz CT molecular complexity index is 724. The summed E-state index contributed by atoms with van der Waals surface area (Å²) in [6.45, 7) is 4.81. The molecule has 0 amide bonds. The maximum atomic E-state index is 14.9. The zero-order valence-corrected chi connectivity index (χ0v) is 13.7. The van der Waals surface area contributed by atoms with E-state index in [9.17, 15) is 14.3 Å². The highest BCUT2D eigenvalue weighted by Gasteiger charge is 2.36. The number of carbonyl (C=O) groups is 1. The Morgan fingerprint density at radius 1 is 1.33 bits per heavy atom. The molecule has 3 heterocycles. The smallest absolute Gasteiger partial charge is 0.333 e. The number of halogens is 1. The molecule has 0 bridgehead atoms. The fourth-order valence-corrected chi connectivity index (χ4v) is 3.42. The van der Waals surface area contributed by atoms with Gasteiger partial charge in [-0.15, -0.1) is 0 Å². The molecule has 7 heteroatoms. The fraction of sp³-hybridized carbons (Fsp3) is 0.529. The van der Waals surface area contributed by atoms with Crippen LogP contribution in [0.5, 0.6) is 0 Å². The molecule has 0 radical (unpaired) electrons. The van der Waals surface area contributed by atoms with Gasteiger partial charge in [-0.05, 0) is 25.3 Å². The molecule has 0 atom stereocenters. The van der Waals surface area contributed by atoms with E-state index >= 15 is 0 Å². The SMILES string of the molecule is Cc1c(F)c(N2CCNCC2)nc2c1CC(C(=O)O)=CN2C1CC1. The van der Waals surface area contributed by atoms with Crippen molar-refractivity contribution in [2.75, 3.05) is 36.0 Å². The van der Waals surface area contributed by atoms with Gasteiger partial charge in [0.15, 0.2) is 11.6 Å². The summed E-state index contributed by atoms with van der Waals surface area (Å²) in [6, 6.07) is 0.284. The van der Waals surface area contributed by atoms with Crippen LogP contribution in [0.3, 0.4) is 0 Å². The molecule has 128 valence electrons. The molecule has 3 aliphatic rings. The summed E-state index contributed by atoms with van der Waals surface area (Å²) in [4.78, 5) is 20.0. The second-order valence-electron chi connectivity index (χ2n) is 6.69. The summed E-state index contributed by atoms with van der Waals surface area (Å²) >= 11 is 0. The number of fused-ring (bicyclic) bond motifs is 1. The third-order valence-electron chi connectivity index (χ3n) is 5.00. The quantitative estimate of drug-likeness (QED) is 0.873. The van der Waals surface area contributed by atoms with E-state index in [0.29, 0.717) is 22.5 Å². The van der Waals surface area contributed by atoms with Gasteiger partial charge in [0, 0.05) is 50.4 Å². The molecule has 2 fully saturated rings. The van der Waals surface area contributed by atoms with E-state index < -0.39 is 5.97 Å². The number of piperazine rings is 1. The zero-order chi connectivity index (χ0) is 16.8. The van der Waals surface area contributed by atoms with Gasteiger partial charge in [0.05, 0.1) is 5.57 Å². The first-order valence-electron chi connectivity index (χ1n) is 8.43. The first-order valence-corrected chi connectivity index (χ1v) is 8.43. The maximum absolute atomic E-state index is 14.9. The van der Waals surface area contributed by atoms with Crippen molar-refractivity contribution in [3.8, 4) is 0 Å². The molecular weight excluding hydrogens is 311 g/mol. The Labute approximate surface area is 140 Å². The van der Waals surface area contributed by atoms with Gasteiger partial charge >= 0.3 is 5.97 Å². The molecule has 0 aromatic carbocycles. The Hall–Kier alpha value is -2.15. The van der Waals surface area contributed by atoms with E-state index in [1.807, 2.05) is 9.80 Å². The Morgan fingerprint density at radius 3 is 2.67 bits per heavy atom. The number of nitrogens with one attached hydrogen (secondary N) is 1. The number of carboxylic acid groups (broad SMARTS) is 1. The van der Waals surface area contributed by atoms with Crippen molar-refractivity contribution in [2.45, 2.75) is 32.2 Å². The average molecular weight is 332 g/mol. The lowest BCUT2D eigenvalue weighted by Gasteiger charge is -2.33. The standard InChI is InChI=1S/C17H21FN4O2/c1-10-13-8-11(17(23)24)9-22(12-2-3-12)15(13)20-16(14(10)18)21-6-4-19-5-7-21/h9,12,19H,2-8H2,1H3,(H,23,24). The highest BCUT2D eigenvalue weighted by atomic mass is 19.1. The second kappa shape index (κ2) is 5.73. The minimum Gasteiger partial charge on any atom is -0.478 e. The minimum absolute atomic E-state index is 0.228. The molecule has 1 aromatic heterocycles. The van der Waals surface area contributed by atoms with Crippen molar-refractivity contribution < 1.29 is 14.3 Å². The van der Waals surface area contributed by atoms with Crippen molar-refractivity contribution in [3.63, 3.8) is 0 Å². The molecule has 2 aliphatic heterocycles. The summed E-state index contributed by atoms with van der Waals surface area (Å²) < 4.78 is 14.9. The molecule has 2 N–H and O–H groups in total. The summed E-state index contributed by atoms with van der Waals surface area (Å²) in [7, 11) is 0. The van der Waals surface area contributed by atoms with Crippen molar-refractivity contribution in [1.82, 2.24) is 10.3 Å². The Kier molecular flexibility index (Phi) is 3.68. The first kappa shape index (κ1) is 15.4. The van der Waals surface area contributed by atoms with Crippen molar-refractivity contribution in [1.29, 1.82) is 0 Å². The monoisotopic (exact) mass is 332 g/mol. The van der Waals surface area contributed by atoms with Gasteiger partial charge in [-0.1, -0.05) is 0 Å². The highest BCUT2D eigenvalue weighted by molar-refractivity contribution is 5.89. The van der Waals surface area contributed by atoms with E-state index in [0.717, 1.165) is 44.8 Å². The molecule has 24 heavy (non-hydrogen) atoms. The topological polar surface area (TPSA) is 68.7 Å². The lowest BCUT2D eigenvalue weighted by Crippen LogP contribution is -2.44. The fourth-order valence-electron chi connectivity index (χ4n) is 3.42. The van der Waals surface area contributed by atoms with Crippen LogP contribution in [-0.4, -0.2) is 48.3 Å². The van der Waals surface area contributed by atoms with E-state index in [1.165, 1.54) is 0 Å². The van der Waals surface area contributed by atoms with Gasteiger partial charge in [0.1, 0.15) is 5.82 Å². The Balaban J connectivity index is 1.80. The number of anilines is 2. The molecule has 0 unspecified atom stereocenters. The number of pyridine rings is 1. The van der Waals surface area contributed by atoms with Crippen LogP contribution in [0, 0.1) is 12.7 Å². The largest absolute Gasteiger partial charge is 0.478 e. The maximum Gasteiger partial charge on any atom is 0.333 e. The van der Waals surface area contributed by atoms with Gasteiger partial charge in [-0.25, -0.2) is 14.2 Å². The van der Waals surface area contributed by atoms with E-state index in [2.05, 4.69) is 10.3 Å². The number of carboxylic acids is 1. The van der Waals surface area contributed by atoms with Gasteiger partial charge < -0.3 is 20.2 Å². The molecule has 4 rings (SSSR count). The van der Waals surface area contributed by atoms with Crippen LogP contribution < -0.4 is 15.1 Å². The number of aliphatic carboxylic acids is 1. The number of rotatable bonds is 3. The second-order valence-corrected chi connectivity index (χ2v) is 6.69. The summed E-state index contributed by atoms with van der Waals surface area (Å²) in [5.41, 5.74) is 1.53. The lowest BCUT2D eigenvalue weighted by molar-refractivity contribution is -0.132. The van der Waals surface area contributed by atoms with E-state index in [-0.39, 0.29) is 18.3 Å². The number of nitrogens with zero attached hydrogens (tertiary/aromatic N) is 3. The van der Waals surface area contributed by atoms with Gasteiger partial charge in [0.2, 0.25) is 0 Å². The van der Waals surface area contributed by atoms with Crippen molar-refractivity contribution >= 4 is 17.6 Å². The predicted molar refractivity (Wildman–Crippen MR) is 88.9 cm³/mol. The number of hydrogen-bond donors (Lipinski definition) is 2. The van der Waals surface area contributed by atoms with E-state index in [1.54, 1.807) is 13.1 Å². The molecule has 1 aliphatic carbocycles. The van der Waals surface area contributed by atoms with Crippen molar-refractivity contribution in [3.05, 3.63) is 28.7 Å². The number of hydrogen-bond acceptors (Lipinski definition) is 5. The molecule has 1 saturated carbocycles. The average Bonchev–Trinajstić information content (AvgIpc) is 3.43. The minimum atomic E-state index is -0.947. The Morgan fingerprint density at radius 2 is 2.04 bits per heavy atom. The van der Waals surface area contributed by atoms with Gasteiger partial charge in [-0.3, -0.25) is 0 Å². The lowest BCUT2D eigenvalue weighted by atomic mass is 9.97. The summed E-state index contributed by atoms with van der Waals surface area (Å²) in [6.07, 6.45) is 3.95. The van der Waals surface area contributed by atoms with Crippen LogP contribution in [0.4, 0.5) is 16.0 Å². The highest BCUT2D eigenvalue weighted by Crippen LogP contribution is 2.40. The van der Waals surface area contributed by atoms with Crippen LogP contribution in [-0.2, 0) is 11.2 Å². The van der Waals surface area contributed by atoms with Gasteiger partial charge in [0.25, 0.3) is 0 Å². The summed E-state index contributed by atoms with van der Waals surface area (Å²) in [5.74, 6) is -0.143. The first-order chi connectivity index (χ1) is 11.6. The van der Waals surface area contributed by atoms with Crippen LogP contribution in [0.1, 0.15) is 24.0 Å². The third kappa shape index (κ3) is 2.53. The molecule has 1 saturated heterocycles. The molecule has 1 aromatic rings. The van der Waals surface area contributed by atoms with Gasteiger partial charge in [-0.2, -0.15) is 0 Å². The van der Waals surface area contributed by atoms with Crippen LogP contribution in [0.25, 0.3) is 0 Å². The van der Waals surface area contributed by atoms with Crippen LogP contribution in [0.15, 0.2) is 11.8 Å². The molecular formula is C17H21FN4O2. The van der Waals surface area contributed by atoms with Crippen LogP contribution >= 0.6 is 0 Å². The van der Waals surface area contributed by atoms with E-state index in [4.69, 9.17) is 0 Å². The molecule has 6 nitrogen and oxygen atoms in total. The predicted octanol–water partition coefficient (Wildman–Crippen LogP) is 1.43. The third-order valence-corrected chi connectivity index (χ3v) is 5.00. The van der Waals surface area contributed by atoms with Crippen molar-refractivity contribution in [2.24, 2.45) is 0 Å².